The second kappa shape index (κ2) is 6.18. The predicted molar refractivity (Wildman–Crippen MR) is 70.9 cm³/mol. The number of carbonyl (C=O) groups excluding carboxylic acids is 2. The molecule has 1 aliphatic heterocycles. The number of hydrogen-bond donors (Lipinski definition) is 2. The third-order valence-electron chi connectivity index (χ3n) is 3.99. The van der Waals surface area contributed by atoms with E-state index < -0.39 is 5.54 Å². The van der Waals surface area contributed by atoms with Crippen LogP contribution in [-0.2, 0) is 9.59 Å². The molecule has 1 saturated heterocycles. The molecule has 1 aliphatic rings. The summed E-state index contributed by atoms with van der Waals surface area (Å²) in [5.74, 6) is 0.0452. The molecule has 0 aromatic carbocycles. The highest BCUT2D eigenvalue weighted by molar-refractivity contribution is 5.86. The van der Waals surface area contributed by atoms with Crippen molar-refractivity contribution < 1.29 is 9.59 Å². The lowest BCUT2D eigenvalue weighted by Gasteiger charge is -2.34. The lowest BCUT2D eigenvalue weighted by molar-refractivity contribution is -0.130. The molecule has 0 bridgehead atoms. The van der Waals surface area contributed by atoms with Crippen molar-refractivity contribution in [3.63, 3.8) is 0 Å². The van der Waals surface area contributed by atoms with Crippen molar-refractivity contribution in [1.29, 1.82) is 0 Å². The molecule has 5 heteroatoms. The number of nitrogens with zero attached hydrogens (tertiary/aromatic N) is 1. The van der Waals surface area contributed by atoms with Gasteiger partial charge in [0.2, 0.25) is 11.8 Å². The molecule has 0 saturated carbocycles. The van der Waals surface area contributed by atoms with Gasteiger partial charge < -0.3 is 16.0 Å². The number of amides is 2. The fraction of sp³-hybridized carbons (Fsp3) is 0.846. The molecule has 5 nitrogen and oxygen atoms in total. The van der Waals surface area contributed by atoms with Crippen molar-refractivity contribution in [3.05, 3.63) is 0 Å². The molecule has 3 N–H and O–H groups in total. The van der Waals surface area contributed by atoms with E-state index in [2.05, 4.69) is 5.32 Å². The summed E-state index contributed by atoms with van der Waals surface area (Å²) in [5, 5.41) is 3.02. The Hall–Kier alpha value is -1.10. The molecule has 1 heterocycles. The first kappa shape index (κ1) is 15.0. The summed E-state index contributed by atoms with van der Waals surface area (Å²) in [6.45, 7) is 6.88. The molecule has 0 aliphatic carbocycles. The topological polar surface area (TPSA) is 75.4 Å². The predicted octanol–water partition coefficient (Wildman–Crippen LogP) is 0.631. The maximum Gasteiger partial charge on any atom is 0.240 e. The zero-order valence-electron chi connectivity index (χ0n) is 11.7. The van der Waals surface area contributed by atoms with Crippen LogP contribution in [0.15, 0.2) is 0 Å². The maximum atomic E-state index is 12.1. The summed E-state index contributed by atoms with van der Waals surface area (Å²) in [4.78, 5) is 25.1. The van der Waals surface area contributed by atoms with Gasteiger partial charge in [0, 0.05) is 26.1 Å². The van der Waals surface area contributed by atoms with E-state index in [4.69, 9.17) is 5.73 Å². The van der Waals surface area contributed by atoms with Crippen LogP contribution in [0, 0.1) is 0 Å². The van der Waals surface area contributed by atoms with Gasteiger partial charge in [-0.15, -0.1) is 0 Å². The summed E-state index contributed by atoms with van der Waals surface area (Å²) in [7, 11) is 0. The first-order valence-electron chi connectivity index (χ1n) is 6.78. The molecule has 1 fully saturated rings. The summed E-state index contributed by atoms with van der Waals surface area (Å²) in [5.41, 5.74) is 5.30. The Bertz CT molecular complexity index is 305. The van der Waals surface area contributed by atoms with E-state index in [1.807, 2.05) is 18.7 Å². The first-order valence-corrected chi connectivity index (χ1v) is 6.78. The Kier molecular flexibility index (Phi) is 5.14. The van der Waals surface area contributed by atoms with Crippen LogP contribution in [0.4, 0.5) is 0 Å². The molecule has 0 aromatic rings. The van der Waals surface area contributed by atoms with Gasteiger partial charge in [0.25, 0.3) is 0 Å². The van der Waals surface area contributed by atoms with E-state index in [-0.39, 0.29) is 17.9 Å². The third kappa shape index (κ3) is 3.45. The number of hydrogen-bond acceptors (Lipinski definition) is 3. The molecule has 1 rings (SSSR count). The van der Waals surface area contributed by atoms with E-state index in [0.717, 1.165) is 25.9 Å². The summed E-state index contributed by atoms with van der Waals surface area (Å²) < 4.78 is 0. The zero-order chi connectivity index (χ0) is 13.8. The van der Waals surface area contributed by atoms with Crippen molar-refractivity contribution in [2.45, 2.75) is 58.0 Å². The normalized spacial score (nSPS) is 17.7. The molecule has 0 spiro atoms. The number of piperidine rings is 1. The minimum absolute atomic E-state index is 0.0613. The van der Waals surface area contributed by atoms with Gasteiger partial charge in [0.1, 0.15) is 0 Å². The first-order chi connectivity index (χ1) is 8.42. The van der Waals surface area contributed by atoms with Gasteiger partial charge in [0.15, 0.2) is 0 Å². The standard InChI is InChI=1S/C13H25N3O2/c1-4-13(14,5-2)12(18)15-11-6-8-16(9-7-11)10(3)17/h11H,4-9,14H2,1-3H3,(H,15,18). The minimum atomic E-state index is -0.752. The van der Waals surface area contributed by atoms with Crippen LogP contribution in [0.3, 0.4) is 0 Å². The Balaban J connectivity index is 2.46. The van der Waals surface area contributed by atoms with Crippen molar-refractivity contribution in [2.24, 2.45) is 5.73 Å². The fourth-order valence-electron chi connectivity index (χ4n) is 2.24. The lowest BCUT2D eigenvalue weighted by atomic mass is 9.92. The van der Waals surface area contributed by atoms with Gasteiger partial charge >= 0.3 is 0 Å². The third-order valence-corrected chi connectivity index (χ3v) is 3.99. The molecule has 0 radical (unpaired) electrons. The van der Waals surface area contributed by atoms with Crippen LogP contribution in [0.25, 0.3) is 0 Å². The van der Waals surface area contributed by atoms with E-state index in [9.17, 15) is 9.59 Å². The molecule has 104 valence electrons. The quantitative estimate of drug-likeness (QED) is 0.773. The van der Waals surface area contributed by atoms with Gasteiger partial charge in [-0.1, -0.05) is 13.8 Å². The molecular weight excluding hydrogens is 230 g/mol. The highest BCUT2D eigenvalue weighted by Crippen LogP contribution is 2.15. The highest BCUT2D eigenvalue weighted by Gasteiger charge is 2.32. The van der Waals surface area contributed by atoms with Crippen molar-refractivity contribution in [3.8, 4) is 0 Å². The van der Waals surface area contributed by atoms with Crippen LogP contribution in [0.1, 0.15) is 46.5 Å². The number of nitrogens with two attached hydrogens (primary N) is 1. The Morgan fingerprint density at radius 3 is 2.17 bits per heavy atom. The number of carbonyl (C=O) groups is 2. The zero-order valence-corrected chi connectivity index (χ0v) is 11.7. The molecule has 0 atom stereocenters. The Labute approximate surface area is 109 Å². The van der Waals surface area contributed by atoms with Crippen LogP contribution >= 0.6 is 0 Å². The SMILES string of the molecule is CCC(N)(CC)C(=O)NC1CCN(C(C)=O)CC1. The van der Waals surface area contributed by atoms with Crippen LogP contribution in [0.5, 0.6) is 0 Å². The Morgan fingerprint density at radius 1 is 1.28 bits per heavy atom. The van der Waals surface area contributed by atoms with Crippen LogP contribution < -0.4 is 11.1 Å². The number of nitrogens with one attached hydrogen (secondary N) is 1. The summed E-state index contributed by atoms with van der Waals surface area (Å²) in [6.07, 6.45) is 2.91. The Morgan fingerprint density at radius 2 is 1.78 bits per heavy atom. The highest BCUT2D eigenvalue weighted by atomic mass is 16.2. The monoisotopic (exact) mass is 255 g/mol. The molecule has 0 unspecified atom stereocenters. The number of rotatable bonds is 4. The average molecular weight is 255 g/mol. The lowest BCUT2D eigenvalue weighted by Crippen LogP contribution is -2.57. The van der Waals surface area contributed by atoms with Gasteiger partial charge in [-0.05, 0) is 25.7 Å². The van der Waals surface area contributed by atoms with Gasteiger partial charge in [-0.3, -0.25) is 9.59 Å². The van der Waals surface area contributed by atoms with Gasteiger partial charge in [-0.25, -0.2) is 0 Å². The van der Waals surface area contributed by atoms with Crippen LogP contribution in [0.2, 0.25) is 0 Å². The molecule has 2 amide bonds. The minimum Gasteiger partial charge on any atom is -0.352 e. The second-order valence-corrected chi connectivity index (χ2v) is 5.12. The molecular formula is C13H25N3O2. The average Bonchev–Trinajstić information content (AvgIpc) is 2.38. The smallest absolute Gasteiger partial charge is 0.240 e. The molecule has 18 heavy (non-hydrogen) atoms. The fourth-order valence-corrected chi connectivity index (χ4v) is 2.24. The van der Waals surface area contributed by atoms with E-state index in [1.165, 1.54) is 0 Å². The maximum absolute atomic E-state index is 12.1. The summed E-state index contributed by atoms with van der Waals surface area (Å²) in [6, 6.07) is 0.147. The summed E-state index contributed by atoms with van der Waals surface area (Å²) >= 11 is 0. The van der Waals surface area contributed by atoms with E-state index in [1.54, 1.807) is 6.92 Å². The van der Waals surface area contributed by atoms with Crippen molar-refractivity contribution in [1.82, 2.24) is 10.2 Å². The van der Waals surface area contributed by atoms with Gasteiger partial charge in [0.05, 0.1) is 5.54 Å². The van der Waals surface area contributed by atoms with E-state index >= 15 is 0 Å². The van der Waals surface area contributed by atoms with Crippen molar-refractivity contribution >= 4 is 11.8 Å². The van der Waals surface area contributed by atoms with Gasteiger partial charge in [-0.2, -0.15) is 0 Å². The van der Waals surface area contributed by atoms with E-state index in [0.29, 0.717) is 12.8 Å². The van der Waals surface area contributed by atoms with Crippen molar-refractivity contribution in [2.75, 3.05) is 13.1 Å². The largest absolute Gasteiger partial charge is 0.352 e. The molecule has 0 aromatic heterocycles. The number of likely N-dealkylation sites (tertiary alicyclic amines) is 1. The van der Waals surface area contributed by atoms with Crippen LogP contribution in [-0.4, -0.2) is 41.4 Å². The second-order valence-electron chi connectivity index (χ2n) is 5.12.